The van der Waals surface area contributed by atoms with Crippen molar-refractivity contribution < 1.29 is 40.9 Å². The van der Waals surface area contributed by atoms with Gasteiger partial charge in [-0.3, -0.25) is 4.79 Å². The molecule has 0 atom stereocenters. The number of carboxylic acid groups (broad SMARTS) is 1. The molecule has 0 radical (unpaired) electrons. The molecule has 0 aliphatic heterocycles. The Bertz CT molecular complexity index is 107. The molecule has 0 amide bonds. The molecule has 0 aromatic heterocycles. The molecule has 0 fully saturated rings. The van der Waals surface area contributed by atoms with Crippen molar-refractivity contribution in [2.24, 2.45) is 5.92 Å². The van der Waals surface area contributed by atoms with Gasteiger partial charge < -0.3 is 6.53 Å². The fourth-order valence-corrected chi connectivity index (χ4v) is 0.829. The minimum Gasteiger partial charge on any atom is -1.00 e. The molecule has 0 spiro atoms. The van der Waals surface area contributed by atoms with Crippen molar-refractivity contribution in [3.63, 3.8) is 0 Å². The first kappa shape index (κ1) is 14.0. The molecule has 0 heterocycles. The molecule has 62 valence electrons. The summed E-state index contributed by atoms with van der Waals surface area (Å²) in [6.07, 6.45) is 3.34. The Morgan fingerprint density at radius 2 is 2.00 bits per heavy atom. The third-order valence-electron chi connectivity index (χ3n) is 1.42. The fourth-order valence-electron chi connectivity index (χ4n) is 0.829. The van der Waals surface area contributed by atoms with E-state index < -0.39 is 5.97 Å². The minimum atomic E-state index is -0.677. The van der Waals surface area contributed by atoms with Gasteiger partial charge in [-0.05, 0) is 12.3 Å². The third-order valence-corrected chi connectivity index (χ3v) is 1.42. The minimum absolute atomic E-state index is 0. The van der Waals surface area contributed by atoms with Crippen molar-refractivity contribution >= 4 is 5.97 Å². The van der Waals surface area contributed by atoms with E-state index in [1.807, 2.05) is 0 Å². The van der Waals surface area contributed by atoms with Crippen molar-refractivity contribution in [1.82, 2.24) is 0 Å². The van der Waals surface area contributed by atoms with E-state index in [4.69, 9.17) is 5.11 Å². The Labute approximate surface area is 92.1 Å². The van der Waals surface area contributed by atoms with Crippen LogP contribution < -0.4 is 29.6 Å². The third kappa shape index (κ3) is 13.5. The molecule has 3 heteroatoms. The second-order valence-electron chi connectivity index (χ2n) is 3.03. The molecule has 0 aromatic carbocycles. The maximum atomic E-state index is 10.0. The SMILES string of the molecule is CC(C)CCCCC(=O)O.[H-].[Na+]. The van der Waals surface area contributed by atoms with Gasteiger partial charge in [0.25, 0.3) is 0 Å². The standard InChI is InChI=1S/C8H16O2.Na.H/c1-7(2)5-3-4-6-8(9)10;;/h7H,3-6H2,1-2H3,(H,9,10);;/q;+1;-1. The van der Waals surface area contributed by atoms with Crippen molar-refractivity contribution in [3.05, 3.63) is 0 Å². The predicted octanol–water partition coefficient (Wildman–Crippen LogP) is -0.596. The topological polar surface area (TPSA) is 37.3 Å². The molecule has 0 aromatic rings. The van der Waals surface area contributed by atoms with Crippen LogP contribution in [0.25, 0.3) is 0 Å². The van der Waals surface area contributed by atoms with Gasteiger partial charge in [-0.15, -0.1) is 0 Å². The quantitative estimate of drug-likeness (QED) is 0.440. The number of hydrogen-bond acceptors (Lipinski definition) is 1. The Hall–Kier alpha value is 0.470. The molecule has 0 rings (SSSR count). The molecule has 0 saturated heterocycles. The predicted molar refractivity (Wildman–Crippen MR) is 42.1 cm³/mol. The summed E-state index contributed by atoms with van der Waals surface area (Å²) in [5, 5.41) is 8.28. The summed E-state index contributed by atoms with van der Waals surface area (Å²) in [5.41, 5.74) is 0. The molecule has 0 saturated carbocycles. The van der Waals surface area contributed by atoms with Crippen LogP contribution in [0.1, 0.15) is 41.0 Å². The van der Waals surface area contributed by atoms with Crippen molar-refractivity contribution in [3.8, 4) is 0 Å². The van der Waals surface area contributed by atoms with Crippen LogP contribution in [0, 0.1) is 5.92 Å². The second-order valence-corrected chi connectivity index (χ2v) is 3.03. The molecular formula is C8H17NaO2. The zero-order valence-corrected chi connectivity index (χ0v) is 9.76. The molecule has 1 N–H and O–H groups in total. The van der Waals surface area contributed by atoms with E-state index in [-0.39, 0.29) is 31.0 Å². The number of rotatable bonds is 5. The molecule has 0 bridgehead atoms. The van der Waals surface area contributed by atoms with Crippen LogP contribution in [0.5, 0.6) is 0 Å². The van der Waals surface area contributed by atoms with E-state index in [2.05, 4.69) is 13.8 Å². The number of carbonyl (C=O) groups is 1. The number of hydrogen-bond donors (Lipinski definition) is 1. The largest absolute Gasteiger partial charge is 1.00 e. The van der Waals surface area contributed by atoms with E-state index in [1.54, 1.807) is 0 Å². The maximum absolute atomic E-state index is 10.0. The number of unbranched alkanes of at least 4 members (excludes halogenated alkanes) is 1. The van der Waals surface area contributed by atoms with Crippen molar-refractivity contribution in [2.75, 3.05) is 0 Å². The average Bonchev–Trinajstić information content (AvgIpc) is 1.79. The van der Waals surface area contributed by atoms with Gasteiger partial charge in [-0.2, -0.15) is 0 Å². The van der Waals surface area contributed by atoms with E-state index in [1.165, 1.54) is 0 Å². The summed E-state index contributed by atoms with van der Waals surface area (Å²) in [4.78, 5) is 10.0. The molecule has 0 aliphatic rings. The van der Waals surface area contributed by atoms with Gasteiger partial charge in [0.2, 0.25) is 0 Å². The molecule has 0 aliphatic carbocycles. The fraction of sp³-hybridized carbons (Fsp3) is 0.875. The molecule has 11 heavy (non-hydrogen) atoms. The monoisotopic (exact) mass is 168 g/mol. The van der Waals surface area contributed by atoms with Crippen LogP contribution >= 0.6 is 0 Å². The van der Waals surface area contributed by atoms with E-state index >= 15 is 0 Å². The van der Waals surface area contributed by atoms with Crippen molar-refractivity contribution in [2.45, 2.75) is 39.5 Å². The van der Waals surface area contributed by atoms with Gasteiger partial charge in [-0.25, -0.2) is 0 Å². The van der Waals surface area contributed by atoms with Gasteiger partial charge in [0.1, 0.15) is 0 Å². The van der Waals surface area contributed by atoms with E-state index in [0.717, 1.165) is 19.3 Å². The normalized spacial score (nSPS) is 9.36. The smallest absolute Gasteiger partial charge is 1.00 e. The molecular weight excluding hydrogens is 151 g/mol. The zero-order valence-electron chi connectivity index (χ0n) is 8.76. The number of aliphatic carboxylic acids is 1. The second kappa shape index (κ2) is 8.57. The first-order valence-electron chi connectivity index (χ1n) is 3.84. The number of carboxylic acids is 1. The Morgan fingerprint density at radius 1 is 1.45 bits per heavy atom. The van der Waals surface area contributed by atoms with Crippen LogP contribution in [0.4, 0.5) is 0 Å². The zero-order chi connectivity index (χ0) is 7.98. The van der Waals surface area contributed by atoms with Crippen LogP contribution in [0.2, 0.25) is 0 Å². The van der Waals surface area contributed by atoms with Gasteiger partial charge in [-0.1, -0.05) is 26.7 Å². The van der Waals surface area contributed by atoms with E-state index in [9.17, 15) is 4.79 Å². The van der Waals surface area contributed by atoms with Crippen LogP contribution in [0.3, 0.4) is 0 Å². The van der Waals surface area contributed by atoms with Gasteiger partial charge >= 0.3 is 35.5 Å². The molecule has 0 unspecified atom stereocenters. The summed E-state index contributed by atoms with van der Waals surface area (Å²) in [6.45, 7) is 4.31. The van der Waals surface area contributed by atoms with Gasteiger partial charge in [0.05, 0.1) is 0 Å². The van der Waals surface area contributed by atoms with Crippen LogP contribution in [0.15, 0.2) is 0 Å². The summed E-state index contributed by atoms with van der Waals surface area (Å²) in [7, 11) is 0. The van der Waals surface area contributed by atoms with Gasteiger partial charge in [0.15, 0.2) is 0 Å². The maximum Gasteiger partial charge on any atom is 1.00 e. The summed E-state index contributed by atoms with van der Waals surface area (Å²) in [6, 6.07) is 0. The first-order chi connectivity index (χ1) is 4.63. The Kier molecular flexibility index (Phi) is 10.9. The average molecular weight is 168 g/mol. The molecule has 2 nitrogen and oxygen atoms in total. The summed E-state index contributed by atoms with van der Waals surface area (Å²) < 4.78 is 0. The van der Waals surface area contributed by atoms with Crippen LogP contribution in [-0.2, 0) is 4.79 Å². The van der Waals surface area contributed by atoms with Crippen LogP contribution in [-0.4, -0.2) is 11.1 Å². The summed E-state index contributed by atoms with van der Waals surface area (Å²) >= 11 is 0. The Morgan fingerprint density at radius 3 is 2.36 bits per heavy atom. The van der Waals surface area contributed by atoms with E-state index in [0.29, 0.717) is 12.3 Å². The Balaban J connectivity index is -0.000000405. The summed E-state index contributed by atoms with van der Waals surface area (Å²) in [5.74, 6) is 0.0255. The first-order valence-corrected chi connectivity index (χ1v) is 3.84. The van der Waals surface area contributed by atoms with Gasteiger partial charge in [0, 0.05) is 6.42 Å². The van der Waals surface area contributed by atoms with Crippen molar-refractivity contribution in [1.29, 1.82) is 0 Å².